The van der Waals surface area contributed by atoms with Crippen molar-refractivity contribution in [2.24, 2.45) is 0 Å². The number of nitrogens with one attached hydrogen (secondary N) is 2. The van der Waals surface area contributed by atoms with Crippen LogP contribution >= 0.6 is 0 Å². The van der Waals surface area contributed by atoms with Crippen LogP contribution in [0.25, 0.3) is 0 Å². The molecule has 0 aliphatic carbocycles. The smallest absolute Gasteiger partial charge is 0.238 e. The van der Waals surface area contributed by atoms with E-state index in [9.17, 15) is 13.2 Å². The number of rotatable bonds is 14. The molecule has 0 saturated carbocycles. The minimum atomic E-state index is -3.44. The van der Waals surface area contributed by atoms with Gasteiger partial charge in [0.2, 0.25) is 15.9 Å². The van der Waals surface area contributed by atoms with E-state index in [0.29, 0.717) is 44.1 Å². The number of carbonyl (C=O) groups is 1. The topological polar surface area (TPSA) is 103 Å². The standard InChI is InChI=1S/C23H32N2O6S/c1-4-20(25-32(27,28)5-2)23(26)24-14-13-18-11-12-21(22(17-18)29-3)31-16-15-30-19-9-7-6-8-10-19/h6-12,17,20,25H,4-5,13-16H2,1-3H3,(H,24,26)/t20-/m0/s1. The van der Waals surface area contributed by atoms with Crippen LogP contribution in [0.3, 0.4) is 0 Å². The number of ether oxygens (including phenoxy) is 3. The molecule has 1 amide bonds. The summed E-state index contributed by atoms with van der Waals surface area (Å²) < 4.78 is 42.6. The molecule has 0 bridgehead atoms. The Morgan fingerprint density at radius 1 is 1.00 bits per heavy atom. The first-order valence-electron chi connectivity index (χ1n) is 10.6. The molecule has 0 heterocycles. The molecular formula is C23H32N2O6S. The van der Waals surface area contributed by atoms with Gasteiger partial charge in [0.05, 0.1) is 12.9 Å². The van der Waals surface area contributed by atoms with Gasteiger partial charge >= 0.3 is 0 Å². The van der Waals surface area contributed by atoms with Crippen LogP contribution in [-0.2, 0) is 21.2 Å². The van der Waals surface area contributed by atoms with Gasteiger partial charge in [-0.3, -0.25) is 4.79 Å². The largest absolute Gasteiger partial charge is 0.493 e. The lowest BCUT2D eigenvalue weighted by molar-refractivity contribution is -0.122. The zero-order chi connectivity index (χ0) is 23.4. The fourth-order valence-corrected chi connectivity index (χ4v) is 3.76. The van der Waals surface area contributed by atoms with E-state index in [1.54, 1.807) is 14.0 Å². The van der Waals surface area contributed by atoms with Crippen LogP contribution in [0.2, 0.25) is 0 Å². The average molecular weight is 465 g/mol. The van der Waals surface area contributed by atoms with Gasteiger partial charge in [-0.1, -0.05) is 31.2 Å². The summed E-state index contributed by atoms with van der Waals surface area (Å²) in [4.78, 5) is 12.3. The summed E-state index contributed by atoms with van der Waals surface area (Å²) in [6.45, 7) is 4.44. The first-order valence-corrected chi connectivity index (χ1v) is 12.3. The third kappa shape index (κ3) is 8.39. The van der Waals surface area contributed by atoms with E-state index >= 15 is 0 Å². The van der Waals surface area contributed by atoms with Crippen molar-refractivity contribution in [3.8, 4) is 17.2 Å². The quantitative estimate of drug-likeness (QED) is 0.417. The highest BCUT2D eigenvalue weighted by molar-refractivity contribution is 7.89. The maximum Gasteiger partial charge on any atom is 0.238 e. The van der Waals surface area contributed by atoms with E-state index in [1.807, 2.05) is 48.5 Å². The summed E-state index contributed by atoms with van der Waals surface area (Å²) in [6.07, 6.45) is 0.940. The summed E-state index contributed by atoms with van der Waals surface area (Å²) in [5.41, 5.74) is 0.956. The lowest BCUT2D eigenvalue weighted by atomic mass is 10.1. The van der Waals surface area contributed by atoms with Crippen molar-refractivity contribution in [3.05, 3.63) is 54.1 Å². The number of carbonyl (C=O) groups excluding carboxylic acids is 1. The van der Waals surface area contributed by atoms with Crippen molar-refractivity contribution in [2.45, 2.75) is 32.7 Å². The van der Waals surface area contributed by atoms with Gasteiger partial charge in [0.25, 0.3) is 0 Å². The molecule has 2 aromatic carbocycles. The van der Waals surface area contributed by atoms with E-state index in [2.05, 4.69) is 10.0 Å². The molecule has 2 aromatic rings. The molecule has 0 fully saturated rings. The fourth-order valence-electron chi connectivity index (χ4n) is 2.89. The molecule has 0 aromatic heterocycles. The molecule has 8 nitrogen and oxygen atoms in total. The Labute approximate surface area is 190 Å². The second-order valence-corrected chi connectivity index (χ2v) is 9.06. The SMILES string of the molecule is CC[C@H](NS(=O)(=O)CC)C(=O)NCCc1ccc(OCCOc2ccccc2)c(OC)c1. The zero-order valence-electron chi connectivity index (χ0n) is 18.8. The lowest BCUT2D eigenvalue weighted by Gasteiger charge is -2.16. The maximum absolute atomic E-state index is 12.3. The molecule has 0 unspecified atom stereocenters. The molecular weight excluding hydrogens is 432 g/mol. The summed E-state index contributed by atoms with van der Waals surface area (Å²) in [7, 11) is -1.87. The van der Waals surface area contributed by atoms with E-state index in [1.165, 1.54) is 6.92 Å². The van der Waals surface area contributed by atoms with Gasteiger partial charge in [-0.25, -0.2) is 13.1 Å². The third-order valence-electron chi connectivity index (χ3n) is 4.72. The van der Waals surface area contributed by atoms with Crippen molar-refractivity contribution in [1.82, 2.24) is 10.0 Å². The van der Waals surface area contributed by atoms with Crippen LogP contribution in [0, 0.1) is 0 Å². The molecule has 0 aliphatic rings. The van der Waals surface area contributed by atoms with Crippen molar-refractivity contribution in [2.75, 3.05) is 32.6 Å². The Morgan fingerprint density at radius 3 is 2.38 bits per heavy atom. The van der Waals surface area contributed by atoms with Gasteiger partial charge < -0.3 is 19.5 Å². The number of methoxy groups -OCH3 is 1. The van der Waals surface area contributed by atoms with Crippen LogP contribution in [-0.4, -0.2) is 53.0 Å². The number of sulfonamides is 1. The molecule has 1 atom stereocenters. The fraction of sp³-hybridized carbons (Fsp3) is 0.435. The summed E-state index contributed by atoms with van der Waals surface area (Å²) in [5.74, 6) is 1.58. The molecule has 2 N–H and O–H groups in total. The van der Waals surface area contributed by atoms with Crippen LogP contribution in [0.4, 0.5) is 0 Å². The Kier molecular flexibility index (Phi) is 10.3. The van der Waals surface area contributed by atoms with Crippen molar-refractivity contribution in [1.29, 1.82) is 0 Å². The molecule has 9 heteroatoms. The average Bonchev–Trinajstić information content (AvgIpc) is 2.81. The highest BCUT2D eigenvalue weighted by Gasteiger charge is 2.21. The molecule has 0 spiro atoms. The zero-order valence-corrected chi connectivity index (χ0v) is 19.6. The lowest BCUT2D eigenvalue weighted by Crippen LogP contribution is -2.47. The van der Waals surface area contributed by atoms with Gasteiger partial charge in [-0.15, -0.1) is 0 Å². The number of para-hydroxylation sites is 1. The number of hydrogen-bond donors (Lipinski definition) is 2. The summed E-state index contributed by atoms with van der Waals surface area (Å²) in [6, 6.07) is 14.3. The number of benzene rings is 2. The first-order chi connectivity index (χ1) is 15.4. The predicted octanol–water partition coefficient (Wildman–Crippen LogP) is 2.53. The molecule has 0 saturated heterocycles. The second kappa shape index (κ2) is 12.9. The van der Waals surface area contributed by atoms with Crippen LogP contribution in [0.15, 0.2) is 48.5 Å². The van der Waals surface area contributed by atoms with Gasteiger partial charge in [0, 0.05) is 6.54 Å². The molecule has 2 rings (SSSR count). The van der Waals surface area contributed by atoms with E-state index in [0.717, 1.165) is 11.3 Å². The normalized spacial score (nSPS) is 12.1. The van der Waals surface area contributed by atoms with E-state index in [-0.39, 0.29) is 11.7 Å². The second-order valence-electron chi connectivity index (χ2n) is 7.02. The molecule has 32 heavy (non-hydrogen) atoms. The van der Waals surface area contributed by atoms with Crippen LogP contribution < -0.4 is 24.2 Å². The predicted molar refractivity (Wildman–Crippen MR) is 124 cm³/mol. The minimum Gasteiger partial charge on any atom is -0.493 e. The van der Waals surface area contributed by atoms with Crippen molar-refractivity contribution < 1.29 is 27.4 Å². The van der Waals surface area contributed by atoms with Crippen molar-refractivity contribution in [3.63, 3.8) is 0 Å². The number of hydrogen-bond acceptors (Lipinski definition) is 6. The Hall–Kier alpha value is -2.78. The summed E-state index contributed by atoms with van der Waals surface area (Å²) >= 11 is 0. The Morgan fingerprint density at radius 2 is 1.72 bits per heavy atom. The maximum atomic E-state index is 12.3. The monoisotopic (exact) mass is 464 g/mol. The highest BCUT2D eigenvalue weighted by atomic mass is 32.2. The van der Waals surface area contributed by atoms with Gasteiger partial charge in [-0.05, 0) is 49.6 Å². The van der Waals surface area contributed by atoms with Gasteiger partial charge in [0.15, 0.2) is 11.5 Å². The van der Waals surface area contributed by atoms with Crippen LogP contribution in [0.1, 0.15) is 25.8 Å². The molecule has 0 aliphatic heterocycles. The number of amides is 1. The van der Waals surface area contributed by atoms with Crippen molar-refractivity contribution >= 4 is 15.9 Å². The Balaban J connectivity index is 1.82. The van der Waals surface area contributed by atoms with Gasteiger partial charge in [-0.2, -0.15) is 0 Å². The Bertz CT molecular complexity index is 950. The first kappa shape index (κ1) is 25.5. The van der Waals surface area contributed by atoms with Crippen LogP contribution in [0.5, 0.6) is 17.2 Å². The van der Waals surface area contributed by atoms with E-state index in [4.69, 9.17) is 14.2 Å². The molecule has 176 valence electrons. The third-order valence-corrected chi connectivity index (χ3v) is 6.12. The minimum absolute atomic E-state index is 0.0661. The highest BCUT2D eigenvalue weighted by Crippen LogP contribution is 2.28. The molecule has 0 radical (unpaired) electrons. The summed E-state index contributed by atoms with van der Waals surface area (Å²) in [5, 5.41) is 2.78. The van der Waals surface area contributed by atoms with E-state index < -0.39 is 16.1 Å². The van der Waals surface area contributed by atoms with Gasteiger partial charge in [0.1, 0.15) is 25.0 Å².